The molecule has 2 rings (SSSR count). The van der Waals surface area contributed by atoms with Crippen LogP contribution in [0.25, 0.3) is 11.6 Å². The molecular weight excluding hydrogens is 206 g/mol. The molecular formula is C10H15N5O. The van der Waals surface area contributed by atoms with Gasteiger partial charge in [0.05, 0.1) is 0 Å². The minimum Gasteiger partial charge on any atom is -0.342 e. The van der Waals surface area contributed by atoms with E-state index in [2.05, 4.69) is 20.1 Å². The molecule has 2 heterocycles. The summed E-state index contributed by atoms with van der Waals surface area (Å²) >= 11 is 0. The number of aromatic amines is 1. The number of nitrogens with zero attached hydrogens (tertiary/aromatic N) is 3. The van der Waals surface area contributed by atoms with Crippen LogP contribution in [0.15, 0.2) is 16.9 Å². The fraction of sp³-hybridized carbons (Fsp3) is 0.500. The summed E-state index contributed by atoms with van der Waals surface area (Å²) in [5.41, 5.74) is 5.65. The highest BCUT2D eigenvalue weighted by Crippen LogP contribution is 2.13. The van der Waals surface area contributed by atoms with Crippen molar-refractivity contribution in [1.29, 1.82) is 0 Å². The highest BCUT2D eigenvalue weighted by Gasteiger charge is 2.15. The predicted molar refractivity (Wildman–Crippen MR) is 58.5 cm³/mol. The molecule has 0 aliphatic rings. The van der Waals surface area contributed by atoms with Crippen molar-refractivity contribution < 1.29 is 4.52 Å². The number of nitrogens with two attached hydrogens (primary N) is 1. The van der Waals surface area contributed by atoms with Gasteiger partial charge in [0.25, 0.3) is 0 Å². The number of imidazole rings is 1. The monoisotopic (exact) mass is 221 g/mol. The molecule has 0 atom stereocenters. The first-order valence-electron chi connectivity index (χ1n) is 5.16. The van der Waals surface area contributed by atoms with Crippen LogP contribution in [-0.2, 0) is 6.42 Å². The maximum absolute atomic E-state index is 5.88. The molecule has 0 fully saturated rings. The van der Waals surface area contributed by atoms with Gasteiger partial charge in [-0.25, -0.2) is 4.98 Å². The lowest BCUT2D eigenvalue weighted by molar-refractivity contribution is 0.358. The lowest BCUT2D eigenvalue weighted by atomic mass is 10.0. The van der Waals surface area contributed by atoms with Crippen LogP contribution >= 0.6 is 0 Å². The van der Waals surface area contributed by atoms with Gasteiger partial charge in [-0.3, -0.25) is 0 Å². The van der Waals surface area contributed by atoms with E-state index in [0.29, 0.717) is 24.0 Å². The molecule has 16 heavy (non-hydrogen) atoms. The van der Waals surface area contributed by atoms with E-state index in [1.54, 1.807) is 12.4 Å². The molecule has 0 aliphatic carbocycles. The number of rotatable bonds is 4. The van der Waals surface area contributed by atoms with Crippen molar-refractivity contribution in [3.63, 3.8) is 0 Å². The Morgan fingerprint density at radius 3 is 2.94 bits per heavy atom. The third-order valence-electron chi connectivity index (χ3n) is 2.16. The van der Waals surface area contributed by atoms with Gasteiger partial charge in [-0.1, -0.05) is 5.16 Å². The summed E-state index contributed by atoms with van der Waals surface area (Å²) in [5.74, 6) is 1.68. The van der Waals surface area contributed by atoms with Crippen molar-refractivity contribution in [2.24, 2.45) is 5.73 Å². The minimum absolute atomic E-state index is 0.223. The van der Waals surface area contributed by atoms with Gasteiger partial charge in [0, 0.05) is 24.4 Å². The lowest BCUT2D eigenvalue weighted by Gasteiger charge is -2.16. The van der Waals surface area contributed by atoms with Crippen molar-refractivity contribution in [3.05, 3.63) is 18.3 Å². The lowest BCUT2D eigenvalue weighted by Crippen LogP contribution is -2.32. The second kappa shape index (κ2) is 4.05. The smallest absolute Gasteiger partial charge is 0.238 e. The second-order valence-electron chi connectivity index (χ2n) is 4.44. The van der Waals surface area contributed by atoms with Gasteiger partial charge in [-0.05, 0) is 20.3 Å². The third kappa shape index (κ3) is 2.66. The van der Waals surface area contributed by atoms with Gasteiger partial charge in [-0.15, -0.1) is 0 Å². The van der Waals surface area contributed by atoms with Crippen LogP contribution in [0.1, 0.15) is 26.2 Å². The summed E-state index contributed by atoms with van der Waals surface area (Å²) in [7, 11) is 0. The van der Waals surface area contributed by atoms with Gasteiger partial charge in [0.15, 0.2) is 5.82 Å². The Morgan fingerprint density at radius 1 is 1.50 bits per heavy atom. The molecule has 0 saturated heterocycles. The molecule has 0 aromatic carbocycles. The zero-order valence-corrected chi connectivity index (χ0v) is 9.40. The summed E-state index contributed by atoms with van der Waals surface area (Å²) in [4.78, 5) is 11.2. The van der Waals surface area contributed by atoms with Crippen molar-refractivity contribution in [2.45, 2.75) is 32.2 Å². The fourth-order valence-electron chi connectivity index (χ4n) is 1.27. The van der Waals surface area contributed by atoms with Crippen LogP contribution < -0.4 is 5.73 Å². The van der Waals surface area contributed by atoms with E-state index in [-0.39, 0.29) is 5.54 Å². The number of nitrogens with one attached hydrogen (secondary N) is 1. The van der Waals surface area contributed by atoms with Crippen LogP contribution in [0.3, 0.4) is 0 Å². The summed E-state index contributed by atoms with van der Waals surface area (Å²) in [5, 5.41) is 3.84. The van der Waals surface area contributed by atoms with Gasteiger partial charge in [-0.2, -0.15) is 4.98 Å². The summed E-state index contributed by atoms with van der Waals surface area (Å²) in [6.07, 6.45) is 4.84. The highest BCUT2D eigenvalue weighted by atomic mass is 16.5. The molecule has 86 valence electrons. The molecule has 2 aromatic rings. The van der Waals surface area contributed by atoms with Crippen LogP contribution in [-0.4, -0.2) is 25.6 Å². The fourth-order valence-corrected chi connectivity index (χ4v) is 1.27. The SMILES string of the molecule is CC(C)(N)CCc1nc(-c2ncc[nH]2)no1. The summed E-state index contributed by atoms with van der Waals surface area (Å²) in [6.45, 7) is 3.94. The number of aromatic nitrogens is 4. The van der Waals surface area contributed by atoms with Crippen molar-refractivity contribution >= 4 is 0 Å². The molecule has 0 saturated carbocycles. The van der Waals surface area contributed by atoms with E-state index < -0.39 is 0 Å². The Balaban J connectivity index is 2.03. The Labute approximate surface area is 93.3 Å². The van der Waals surface area contributed by atoms with E-state index in [9.17, 15) is 0 Å². The number of hydrogen-bond donors (Lipinski definition) is 2. The molecule has 0 amide bonds. The highest BCUT2D eigenvalue weighted by molar-refractivity contribution is 5.40. The first-order chi connectivity index (χ1) is 7.54. The normalized spacial score (nSPS) is 11.9. The second-order valence-corrected chi connectivity index (χ2v) is 4.44. The summed E-state index contributed by atoms with van der Waals surface area (Å²) < 4.78 is 5.11. The standard InChI is InChI=1S/C10H15N5O/c1-10(2,11)4-3-7-14-9(15-16-7)8-12-5-6-13-8/h5-6H,3-4,11H2,1-2H3,(H,12,13). The largest absolute Gasteiger partial charge is 0.342 e. The molecule has 0 spiro atoms. The van der Waals surface area contributed by atoms with Gasteiger partial charge < -0.3 is 15.2 Å². The molecule has 3 N–H and O–H groups in total. The zero-order valence-electron chi connectivity index (χ0n) is 9.40. The molecule has 0 bridgehead atoms. The van der Waals surface area contributed by atoms with E-state index in [1.807, 2.05) is 13.8 Å². The van der Waals surface area contributed by atoms with Crippen LogP contribution in [0, 0.1) is 0 Å². The van der Waals surface area contributed by atoms with Crippen LogP contribution in [0.5, 0.6) is 0 Å². The average Bonchev–Trinajstić information content (AvgIpc) is 2.84. The Kier molecular flexibility index (Phi) is 2.74. The number of hydrogen-bond acceptors (Lipinski definition) is 5. The maximum atomic E-state index is 5.88. The van der Waals surface area contributed by atoms with Crippen molar-refractivity contribution in [2.75, 3.05) is 0 Å². The number of aryl methyl sites for hydroxylation is 1. The third-order valence-corrected chi connectivity index (χ3v) is 2.16. The van der Waals surface area contributed by atoms with E-state index in [4.69, 9.17) is 10.3 Å². The van der Waals surface area contributed by atoms with Crippen LogP contribution in [0.4, 0.5) is 0 Å². The van der Waals surface area contributed by atoms with Crippen LogP contribution in [0.2, 0.25) is 0 Å². The van der Waals surface area contributed by atoms with Gasteiger partial charge in [0.2, 0.25) is 11.7 Å². The molecule has 6 nitrogen and oxygen atoms in total. The van der Waals surface area contributed by atoms with E-state index >= 15 is 0 Å². The Morgan fingerprint density at radius 2 is 2.31 bits per heavy atom. The van der Waals surface area contributed by atoms with E-state index in [1.165, 1.54) is 0 Å². The predicted octanol–water partition coefficient (Wildman–Crippen LogP) is 1.13. The first-order valence-corrected chi connectivity index (χ1v) is 5.16. The van der Waals surface area contributed by atoms with Crippen molar-refractivity contribution in [3.8, 4) is 11.6 Å². The zero-order chi connectivity index (χ0) is 11.6. The Hall–Kier alpha value is -1.69. The topological polar surface area (TPSA) is 93.6 Å². The molecule has 0 radical (unpaired) electrons. The molecule has 0 aliphatic heterocycles. The molecule has 0 unspecified atom stereocenters. The first kappa shape index (κ1) is 10.8. The number of H-pyrrole nitrogens is 1. The van der Waals surface area contributed by atoms with Crippen molar-refractivity contribution in [1.82, 2.24) is 20.1 Å². The average molecular weight is 221 g/mol. The van der Waals surface area contributed by atoms with Gasteiger partial charge >= 0.3 is 0 Å². The van der Waals surface area contributed by atoms with Gasteiger partial charge in [0.1, 0.15) is 0 Å². The van der Waals surface area contributed by atoms with E-state index in [0.717, 1.165) is 6.42 Å². The molecule has 2 aromatic heterocycles. The molecule has 6 heteroatoms. The minimum atomic E-state index is -0.223. The maximum Gasteiger partial charge on any atom is 0.238 e. The Bertz CT molecular complexity index is 440. The quantitative estimate of drug-likeness (QED) is 0.807. The summed E-state index contributed by atoms with van der Waals surface area (Å²) in [6, 6.07) is 0.